The molecule has 0 aliphatic carbocycles. The molecule has 5 aromatic rings. The van der Waals surface area contributed by atoms with Gasteiger partial charge in [-0.05, 0) is 56.3 Å². The molecular weight excluding hydrogens is 532 g/mol. The van der Waals surface area contributed by atoms with Crippen LogP contribution in [0, 0.1) is 5.82 Å². The van der Waals surface area contributed by atoms with Gasteiger partial charge in [-0.3, -0.25) is 4.68 Å². The highest BCUT2D eigenvalue weighted by Gasteiger charge is 2.18. The van der Waals surface area contributed by atoms with Gasteiger partial charge in [0.25, 0.3) is 0 Å². The summed E-state index contributed by atoms with van der Waals surface area (Å²) < 4.78 is 29.0. The number of piperidine rings is 1. The molecule has 0 bridgehead atoms. The van der Waals surface area contributed by atoms with Crippen LogP contribution in [0.5, 0.6) is 17.4 Å². The van der Waals surface area contributed by atoms with Crippen molar-refractivity contribution in [2.75, 3.05) is 18.4 Å². The third kappa shape index (κ3) is 5.28. The fourth-order valence-corrected chi connectivity index (χ4v) is 4.51. The Kier molecular flexibility index (Phi) is 7.46. The Bertz CT molecular complexity index is 1610. The molecule has 4 heterocycles. The highest BCUT2D eigenvalue weighted by Crippen LogP contribution is 2.37. The number of ether oxygens (including phenoxy) is 2. The number of nitrogens with one attached hydrogen (secondary N) is 2. The lowest BCUT2D eigenvalue weighted by Crippen LogP contribution is -2.34. The van der Waals surface area contributed by atoms with Crippen molar-refractivity contribution in [3.63, 3.8) is 0 Å². The summed E-state index contributed by atoms with van der Waals surface area (Å²) in [6.45, 7) is 1.82. The van der Waals surface area contributed by atoms with E-state index in [4.69, 9.17) is 21.1 Å². The van der Waals surface area contributed by atoms with Gasteiger partial charge >= 0.3 is 0 Å². The van der Waals surface area contributed by atoms with Crippen molar-refractivity contribution in [1.82, 2.24) is 30.0 Å². The van der Waals surface area contributed by atoms with Crippen molar-refractivity contribution < 1.29 is 13.9 Å². The van der Waals surface area contributed by atoms with Gasteiger partial charge in [-0.15, -0.1) is 12.4 Å². The molecule has 196 valence electrons. The largest absolute Gasteiger partial charge is 0.474 e. The summed E-state index contributed by atoms with van der Waals surface area (Å²) in [6.07, 6.45) is 5.20. The number of halogens is 3. The van der Waals surface area contributed by atoms with Gasteiger partial charge in [-0.2, -0.15) is 5.10 Å². The van der Waals surface area contributed by atoms with Crippen molar-refractivity contribution >= 4 is 57.4 Å². The van der Waals surface area contributed by atoms with E-state index in [9.17, 15) is 0 Å². The summed E-state index contributed by atoms with van der Waals surface area (Å²) >= 11 is 6.36. The molecule has 3 aromatic heterocycles. The second kappa shape index (κ2) is 10.9. The van der Waals surface area contributed by atoms with E-state index in [0.717, 1.165) is 36.8 Å². The van der Waals surface area contributed by atoms with E-state index in [1.54, 1.807) is 35.0 Å². The van der Waals surface area contributed by atoms with E-state index in [-0.39, 0.29) is 35.0 Å². The Labute approximate surface area is 228 Å². The predicted molar refractivity (Wildman–Crippen MR) is 147 cm³/mol. The zero-order valence-corrected chi connectivity index (χ0v) is 21.9. The number of hydrogen-bond donors (Lipinski definition) is 2. The SMILES string of the molecule is Cl.Cn1cc2ccc(Oc3ccc(Nc4ncnc5ccc(OC6CCNCC6)nc45)c(F)c3Cl)cc2n1. The van der Waals surface area contributed by atoms with E-state index in [2.05, 4.69) is 30.7 Å². The number of aromatic nitrogens is 5. The van der Waals surface area contributed by atoms with Gasteiger partial charge in [0.15, 0.2) is 11.6 Å². The van der Waals surface area contributed by atoms with Crippen LogP contribution in [0.25, 0.3) is 21.9 Å². The fourth-order valence-electron chi connectivity index (χ4n) is 4.31. The molecule has 12 heteroatoms. The average molecular weight is 556 g/mol. The maximum absolute atomic E-state index is 15.3. The van der Waals surface area contributed by atoms with Crippen LogP contribution in [0.15, 0.2) is 55.0 Å². The molecule has 6 rings (SSSR count). The monoisotopic (exact) mass is 555 g/mol. The minimum Gasteiger partial charge on any atom is -0.474 e. The van der Waals surface area contributed by atoms with Crippen molar-refractivity contribution in [3.8, 4) is 17.4 Å². The molecule has 0 radical (unpaired) electrons. The van der Waals surface area contributed by atoms with Gasteiger partial charge in [0.05, 0.1) is 16.7 Å². The molecule has 1 fully saturated rings. The summed E-state index contributed by atoms with van der Waals surface area (Å²) in [5.41, 5.74) is 1.96. The Balaban J connectivity index is 0.00000294. The zero-order valence-electron chi connectivity index (χ0n) is 20.3. The minimum atomic E-state index is -0.674. The molecule has 9 nitrogen and oxygen atoms in total. The summed E-state index contributed by atoms with van der Waals surface area (Å²) in [5.74, 6) is 0.824. The molecule has 0 unspecified atom stereocenters. The standard InChI is InChI=1S/C26H23ClFN7O2.ClH/c1-35-13-15-2-3-17(12-20(15)34-35)36-21-6-4-18(24(28)23(21)27)32-26-25-19(30-14-31-26)5-7-22(33-25)37-16-8-10-29-11-9-16;/h2-7,12-14,16,29H,8-11H2,1H3,(H,30,31,32);1H. The molecule has 1 saturated heterocycles. The Morgan fingerprint density at radius 3 is 2.76 bits per heavy atom. The van der Waals surface area contributed by atoms with E-state index in [0.29, 0.717) is 28.5 Å². The molecule has 38 heavy (non-hydrogen) atoms. The smallest absolute Gasteiger partial charge is 0.214 e. The number of aryl methyl sites for hydroxylation is 1. The van der Waals surface area contributed by atoms with Crippen LogP contribution in [-0.2, 0) is 7.05 Å². The minimum absolute atomic E-state index is 0. The molecular formula is C26H24Cl2FN7O2. The van der Waals surface area contributed by atoms with Crippen LogP contribution in [0.4, 0.5) is 15.9 Å². The summed E-state index contributed by atoms with van der Waals surface area (Å²) in [5, 5.41) is 11.5. The van der Waals surface area contributed by atoms with Crippen LogP contribution < -0.4 is 20.1 Å². The number of hydrogen-bond acceptors (Lipinski definition) is 8. The molecule has 0 atom stereocenters. The van der Waals surface area contributed by atoms with Gasteiger partial charge in [0.1, 0.15) is 34.5 Å². The van der Waals surface area contributed by atoms with Crippen LogP contribution in [0.2, 0.25) is 5.02 Å². The third-order valence-corrected chi connectivity index (χ3v) is 6.50. The molecule has 0 saturated carbocycles. The van der Waals surface area contributed by atoms with Gasteiger partial charge in [0, 0.05) is 30.8 Å². The maximum atomic E-state index is 15.3. The van der Waals surface area contributed by atoms with E-state index in [1.807, 2.05) is 25.4 Å². The first-order valence-corrected chi connectivity index (χ1v) is 12.3. The van der Waals surface area contributed by atoms with Crippen LogP contribution in [0.1, 0.15) is 12.8 Å². The molecule has 0 spiro atoms. The normalized spacial score (nSPS) is 13.9. The molecule has 1 aliphatic rings. The fraction of sp³-hybridized carbons (Fsp3) is 0.231. The van der Waals surface area contributed by atoms with E-state index in [1.165, 1.54) is 6.33 Å². The topological polar surface area (TPSA) is 99.0 Å². The Morgan fingerprint density at radius 2 is 1.92 bits per heavy atom. The van der Waals surface area contributed by atoms with Crippen molar-refractivity contribution in [2.45, 2.75) is 18.9 Å². The number of nitrogens with zero attached hydrogens (tertiary/aromatic N) is 5. The van der Waals surface area contributed by atoms with Crippen LogP contribution in [-0.4, -0.2) is 43.9 Å². The van der Waals surface area contributed by atoms with Crippen LogP contribution >= 0.6 is 24.0 Å². The number of fused-ring (bicyclic) bond motifs is 2. The summed E-state index contributed by atoms with van der Waals surface area (Å²) in [6, 6.07) is 12.2. The third-order valence-electron chi connectivity index (χ3n) is 6.15. The lowest BCUT2D eigenvalue weighted by atomic mass is 10.1. The van der Waals surface area contributed by atoms with E-state index < -0.39 is 5.82 Å². The maximum Gasteiger partial charge on any atom is 0.214 e. The lowest BCUT2D eigenvalue weighted by molar-refractivity contribution is 0.156. The zero-order chi connectivity index (χ0) is 25.4. The van der Waals surface area contributed by atoms with Crippen molar-refractivity contribution in [2.24, 2.45) is 7.05 Å². The van der Waals surface area contributed by atoms with Gasteiger partial charge in [-0.25, -0.2) is 19.3 Å². The quantitative estimate of drug-likeness (QED) is 0.271. The first kappa shape index (κ1) is 25.9. The number of anilines is 2. The van der Waals surface area contributed by atoms with E-state index >= 15 is 4.39 Å². The first-order chi connectivity index (χ1) is 18.0. The highest BCUT2D eigenvalue weighted by molar-refractivity contribution is 6.32. The molecule has 1 aliphatic heterocycles. The number of rotatable bonds is 6. The molecule has 0 amide bonds. The van der Waals surface area contributed by atoms with Crippen LogP contribution in [0.3, 0.4) is 0 Å². The second-order valence-electron chi connectivity index (χ2n) is 8.80. The molecule has 2 N–H and O–H groups in total. The Hall–Kier alpha value is -3.73. The van der Waals surface area contributed by atoms with Gasteiger partial charge in [0.2, 0.25) is 5.88 Å². The summed E-state index contributed by atoms with van der Waals surface area (Å²) in [4.78, 5) is 13.2. The second-order valence-corrected chi connectivity index (χ2v) is 9.17. The number of benzene rings is 2. The number of pyridine rings is 1. The highest BCUT2D eigenvalue weighted by atomic mass is 35.5. The first-order valence-electron chi connectivity index (χ1n) is 11.9. The van der Waals surface area contributed by atoms with Gasteiger partial charge in [-0.1, -0.05) is 11.6 Å². The lowest BCUT2D eigenvalue weighted by Gasteiger charge is -2.23. The van der Waals surface area contributed by atoms with Crippen molar-refractivity contribution in [3.05, 3.63) is 65.8 Å². The molecule has 2 aromatic carbocycles. The van der Waals surface area contributed by atoms with Gasteiger partial charge < -0.3 is 20.1 Å². The predicted octanol–water partition coefficient (Wildman–Crippen LogP) is 5.79. The average Bonchev–Trinajstić information content (AvgIpc) is 3.28. The Morgan fingerprint density at radius 1 is 1.08 bits per heavy atom. The summed E-state index contributed by atoms with van der Waals surface area (Å²) in [7, 11) is 1.84. The van der Waals surface area contributed by atoms with Crippen molar-refractivity contribution in [1.29, 1.82) is 0 Å².